The molecule has 0 spiro atoms. The van der Waals surface area contributed by atoms with Crippen molar-refractivity contribution >= 4 is 5.91 Å². The molecule has 1 saturated heterocycles. The summed E-state index contributed by atoms with van der Waals surface area (Å²) >= 11 is 0. The Labute approximate surface area is 130 Å². The third-order valence-electron chi connectivity index (χ3n) is 4.34. The first-order chi connectivity index (χ1) is 10.8. The molecule has 0 aromatic carbocycles. The minimum atomic E-state index is -0.0407. The highest BCUT2D eigenvalue weighted by molar-refractivity contribution is 5.92. The number of hydrogen-bond donors (Lipinski definition) is 1. The second-order valence-corrected chi connectivity index (χ2v) is 5.84. The van der Waals surface area contributed by atoms with Gasteiger partial charge in [0.15, 0.2) is 0 Å². The van der Waals surface area contributed by atoms with Gasteiger partial charge in [-0.3, -0.25) is 9.69 Å². The van der Waals surface area contributed by atoms with Gasteiger partial charge in [0.25, 0.3) is 5.91 Å². The lowest BCUT2D eigenvalue weighted by molar-refractivity contribution is 0.0906. The van der Waals surface area contributed by atoms with Crippen LogP contribution in [0, 0.1) is 0 Å². The molecular weight excluding hydrogens is 278 g/mol. The number of rotatable bonds is 5. The van der Waals surface area contributed by atoms with Crippen LogP contribution in [0.2, 0.25) is 0 Å². The van der Waals surface area contributed by atoms with Gasteiger partial charge < -0.3 is 14.3 Å². The number of aromatic nitrogens is 1. The summed E-state index contributed by atoms with van der Waals surface area (Å²) in [5.41, 5.74) is 0.678. The molecule has 0 saturated carbocycles. The monoisotopic (exact) mass is 301 g/mol. The number of nitrogens with one attached hydrogen (secondary N) is 1. The molecule has 2 aromatic heterocycles. The number of amides is 1. The van der Waals surface area contributed by atoms with Crippen LogP contribution in [0.1, 0.15) is 41.6 Å². The second-order valence-electron chi connectivity index (χ2n) is 5.84. The molecule has 22 heavy (non-hydrogen) atoms. The molecular formula is C17H23N3O2. The van der Waals surface area contributed by atoms with Crippen molar-refractivity contribution in [3.8, 4) is 0 Å². The SMILES string of the molecule is Cn1cccc1C(=O)NC[C@@H](c1ccco1)N1CCCCC1. The predicted octanol–water partition coefficient (Wildman–Crippen LogP) is 2.58. The van der Waals surface area contributed by atoms with Crippen LogP contribution in [0.4, 0.5) is 0 Å². The number of aryl methyl sites for hydroxylation is 1. The van der Waals surface area contributed by atoms with E-state index >= 15 is 0 Å². The number of nitrogens with zero attached hydrogens (tertiary/aromatic N) is 2. The Morgan fingerprint density at radius 3 is 2.73 bits per heavy atom. The van der Waals surface area contributed by atoms with Crippen LogP contribution in [0.25, 0.3) is 0 Å². The van der Waals surface area contributed by atoms with Crippen LogP contribution in [-0.2, 0) is 7.05 Å². The molecule has 0 bridgehead atoms. The van der Waals surface area contributed by atoms with Gasteiger partial charge in [-0.1, -0.05) is 6.42 Å². The van der Waals surface area contributed by atoms with Crippen molar-refractivity contribution in [3.63, 3.8) is 0 Å². The third-order valence-corrected chi connectivity index (χ3v) is 4.34. The highest BCUT2D eigenvalue weighted by Gasteiger charge is 2.25. The Morgan fingerprint density at radius 2 is 2.09 bits per heavy atom. The number of hydrogen-bond acceptors (Lipinski definition) is 3. The lowest BCUT2D eigenvalue weighted by Crippen LogP contribution is -2.40. The van der Waals surface area contributed by atoms with E-state index in [0.717, 1.165) is 18.8 Å². The van der Waals surface area contributed by atoms with Gasteiger partial charge in [0.2, 0.25) is 0 Å². The van der Waals surface area contributed by atoms with E-state index in [1.807, 2.05) is 42.1 Å². The van der Waals surface area contributed by atoms with Gasteiger partial charge in [0.05, 0.1) is 12.3 Å². The molecule has 1 N–H and O–H groups in total. The van der Waals surface area contributed by atoms with Crippen LogP contribution in [0.5, 0.6) is 0 Å². The maximum absolute atomic E-state index is 12.3. The fourth-order valence-electron chi connectivity index (χ4n) is 3.10. The summed E-state index contributed by atoms with van der Waals surface area (Å²) in [7, 11) is 1.88. The average Bonchev–Trinajstić information content (AvgIpc) is 3.20. The Hall–Kier alpha value is -2.01. The van der Waals surface area contributed by atoms with E-state index in [4.69, 9.17) is 4.42 Å². The normalized spacial score (nSPS) is 17.3. The van der Waals surface area contributed by atoms with Gasteiger partial charge in [-0.25, -0.2) is 0 Å². The van der Waals surface area contributed by atoms with E-state index in [1.54, 1.807) is 6.26 Å². The van der Waals surface area contributed by atoms with E-state index in [0.29, 0.717) is 12.2 Å². The summed E-state index contributed by atoms with van der Waals surface area (Å²) in [5, 5.41) is 3.05. The van der Waals surface area contributed by atoms with Gasteiger partial charge in [-0.15, -0.1) is 0 Å². The van der Waals surface area contributed by atoms with Crippen molar-refractivity contribution in [2.75, 3.05) is 19.6 Å². The summed E-state index contributed by atoms with van der Waals surface area (Å²) in [5.74, 6) is 0.884. The molecule has 0 unspecified atom stereocenters. The minimum Gasteiger partial charge on any atom is -0.468 e. The van der Waals surface area contributed by atoms with Gasteiger partial charge in [0, 0.05) is 19.8 Å². The standard InChI is InChI=1S/C17H23N3O2/c1-19-9-5-7-14(19)17(21)18-13-15(16-8-6-12-22-16)20-10-3-2-4-11-20/h5-9,12,15H,2-4,10-11,13H2,1H3,(H,18,21)/t15-/m0/s1. The van der Waals surface area contributed by atoms with E-state index < -0.39 is 0 Å². The molecule has 0 radical (unpaired) electrons. The van der Waals surface area contributed by atoms with Crippen molar-refractivity contribution < 1.29 is 9.21 Å². The molecule has 5 nitrogen and oxygen atoms in total. The van der Waals surface area contributed by atoms with Crippen LogP contribution >= 0.6 is 0 Å². The maximum Gasteiger partial charge on any atom is 0.267 e. The molecule has 118 valence electrons. The van der Waals surface area contributed by atoms with Gasteiger partial charge in [-0.2, -0.15) is 0 Å². The van der Waals surface area contributed by atoms with Crippen LogP contribution < -0.4 is 5.32 Å². The summed E-state index contributed by atoms with van der Waals surface area (Å²) < 4.78 is 7.43. The molecule has 3 rings (SSSR count). The minimum absolute atomic E-state index is 0.0407. The maximum atomic E-state index is 12.3. The highest BCUT2D eigenvalue weighted by atomic mass is 16.3. The molecule has 3 heterocycles. The molecule has 1 fully saturated rings. The summed E-state index contributed by atoms with van der Waals surface area (Å²) in [6, 6.07) is 7.72. The lowest BCUT2D eigenvalue weighted by Gasteiger charge is -2.33. The van der Waals surface area contributed by atoms with E-state index in [1.165, 1.54) is 19.3 Å². The lowest BCUT2D eigenvalue weighted by atomic mass is 10.1. The quantitative estimate of drug-likeness (QED) is 0.923. The highest BCUT2D eigenvalue weighted by Crippen LogP contribution is 2.24. The summed E-state index contributed by atoms with van der Waals surface area (Å²) in [4.78, 5) is 14.7. The van der Waals surface area contributed by atoms with Crippen molar-refractivity contribution in [2.45, 2.75) is 25.3 Å². The predicted molar refractivity (Wildman–Crippen MR) is 84.6 cm³/mol. The Bertz CT molecular complexity index is 597. The molecule has 1 amide bonds. The fourth-order valence-corrected chi connectivity index (χ4v) is 3.10. The number of carbonyl (C=O) groups is 1. The Morgan fingerprint density at radius 1 is 1.27 bits per heavy atom. The van der Waals surface area contributed by atoms with Crippen LogP contribution in [0.3, 0.4) is 0 Å². The Balaban J connectivity index is 1.68. The molecule has 1 aliphatic heterocycles. The zero-order valence-corrected chi connectivity index (χ0v) is 13.0. The van der Waals surface area contributed by atoms with Gasteiger partial charge in [0.1, 0.15) is 11.5 Å². The fraction of sp³-hybridized carbons (Fsp3) is 0.471. The van der Waals surface area contributed by atoms with E-state index in [9.17, 15) is 4.79 Å². The zero-order valence-electron chi connectivity index (χ0n) is 13.0. The van der Waals surface area contributed by atoms with Gasteiger partial charge >= 0.3 is 0 Å². The number of piperidine rings is 1. The Kier molecular flexibility index (Phi) is 4.63. The molecule has 1 atom stereocenters. The van der Waals surface area contributed by atoms with E-state index in [-0.39, 0.29) is 11.9 Å². The van der Waals surface area contributed by atoms with Crippen molar-refractivity contribution in [3.05, 3.63) is 48.2 Å². The number of furan rings is 1. The first-order valence-corrected chi connectivity index (χ1v) is 7.92. The molecule has 1 aliphatic rings. The average molecular weight is 301 g/mol. The summed E-state index contributed by atoms with van der Waals surface area (Å²) in [6.45, 7) is 2.69. The third kappa shape index (κ3) is 3.25. The topological polar surface area (TPSA) is 50.4 Å². The van der Waals surface area contributed by atoms with Crippen molar-refractivity contribution in [1.82, 2.24) is 14.8 Å². The van der Waals surface area contributed by atoms with Crippen LogP contribution in [-0.4, -0.2) is 35.0 Å². The molecule has 5 heteroatoms. The van der Waals surface area contributed by atoms with Crippen molar-refractivity contribution in [1.29, 1.82) is 0 Å². The first-order valence-electron chi connectivity index (χ1n) is 7.92. The van der Waals surface area contributed by atoms with Gasteiger partial charge in [-0.05, 0) is 50.2 Å². The summed E-state index contributed by atoms with van der Waals surface area (Å²) in [6.07, 6.45) is 7.29. The number of likely N-dealkylation sites (tertiary alicyclic amines) is 1. The van der Waals surface area contributed by atoms with E-state index in [2.05, 4.69) is 10.2 Å². The molecule has 0 aliphatic carbocycles. The van der Waals surface area contributed by atoms with Crippen molar-refractivity contribution in [2.24, 2.45) is 7.05 Å². The first kappa shape index (κ1) is 14.9. The zero-order chi connectivity index (χ0) is 15.4. The largest absolute Gasteiger partial charge is 0.468 e. The smallest absolute Gasteiger partial charge is 0.267 e. The number of carbonyl (C=O) groups excluding carboxylic acids is 1. The molecule has 2 aromatic rings. The van der Waals surface area contributed by atoms with Crippen LogP contribution in [0.15, 0.2) is 41.1 Å². The second kappa shape index (κ2) is 6.83.